The summed E-state index contributed by atoms with van der Waals surface area (Å²) in [4.78, 5) is 15.5. The molecule has 134 valence electrons. The molecule has 1 amide bonds. The molecule has 3 N–H and O–H groups in total. The van der Waals surface area contributed by atoms with Crippen molar-refractivity contribution in [2.24, 2.45) is 5.10 Å². The van der Waals surface area contributed by atoms with Crippen LogP contribution in [0.25, 0.3) is 22.2 Å². The highest BCUT2D eigenvalue weighted by Crippen LogP contribution is 2.20. The zero-order valence-electron chi connectivity index (χ0n) is 14.5. The van der Waals surface area contributed by atoms with Gasteiger partial charge in [0, 0.05) is 27.7 Å². The number of hydrogen-bond donors (Lipinski definition) is 3. The van der Waals surface area contributed by atoms with E-state index in [1.807, 2.05) is 31.2 Å². The van der Waals surface area contributed by atoms with Gasteiger partial charge in [-0.1, -0.05) is 18.2 Å². The monoisotopic (exact) mass is 361 g/mol. The maximum atomic E-state index is 13.0. The molecule has 0 bridgehead atoms. The number of nitrogens with zero attached hydrogens (tertiary/aromatic N) is 2. The molecular weight excluding hydrogens is 345 g/mol. The number of H-pyrrole nitrogens is 2. The number of benzene rings is 2. The van der Waals surface area contributed by atoms with Crippen LogP contribution in [0.5, 0.6) is 0 Å². The topological polar surface area (TPSA) is 85.9 Å². The summed E-state index contributed by atoms with van der Waals surface area (Å²) >= 11 is 0. The lowest BCUT2D eigenvalue weighted by atomic mass is 10.1. The highest BCUT2D eigenvalue weighted by atomic mass is 19.1. The van der Waals surface area contributed by atoms with Gasteiger partial charge in [-0.15, -0.1) is 0 Å². The second-order valence-corrected chi connectivity index (χ2v) is 6.08. The summed E-state index contributed by atoms with van der Waals surface area (Å²) in [5.74, 6) is -0.737. The van der Waals surface area contributed by atoms with Crippen molar-refractivity contribution in [3.8, 4) is 11.3 Å². The van der Waals surface area contributed by atoms with Crippen molar-refractivity contribution < 1.29 is 9.18 Å². The van der Waals surface area contributed by atoms with E-state index in [4.69, 9.17) is 0 Å². The molecule has 2 aromatic heterocycles. The first-order valence-corrected chi connectivity index (χ1v) is 8.34. The van der Waals surface area contributed by atoms with Crippen molar-refractivity contribution in [1.29, 1.82) is 0 Å². The molecule has 6 nitrogen and oxygen atoms in total. The van der Waals surface area contributed by atoms with Gasteiger partial charge in [0.15, 0.2) is 0 Å². The second kappa shape index (κ2) is 6.87. The van der Waals surface area contributed by atoms with Crippen LogP contribution in [0.3, 0.4) is 0 Å². The van der Waals surface area contributed by atoms with Gasteiger partial charge in [0.1, 0.15) is 11.5 Å². The fourth-order valence-electron chi connectivity index (χ4n) is 2.89. The van der Waals surface area contributed by atoms with Gasteiger partial charge in [0.2, 0.25) is 0 Å². The largest absolute Gasteiger partial charge is 0.358 e. The van der Waals surface area contributed by atoms with E-state index in [9.17, 15) is 9.18 Å². The Bertz CT molecular complexity index is 1140. The van der Waals surface area contributed by atoms with E-state index >= 15 is 0 Å². The van der Waals surface area contributed by atoms with Crippen LogP contribution in [-0.2, 0) is 0 Å². The van der Waals surface area contributed by atoms with Crippen molar-refractivity contribution in [2.45, 2.75) is 6.92 Å². The van der Waals surface area contributed by atoms with E-state index in [0.29, 0.717) is 11.3 Å². The van der Waals surface area contributed by atoms with Crippen molar-refractivity contribution in [1.82, 2.24) is 20.6 Å². The molecule has 2 aromatic carbocycles. The molecule has 0 atom stereocenters. The van der Waals surface area contributed by atoms with Gasteiger partial charge in [-0.3, -0.25) is 9.89 Å². The fourth-order valence-corrected chi connectivity index (χ4v) is 2.89. The standard InChI is InChI=1S/C20H16FN5O/c1-12-16(15-4-2-3-5-17(15)23-12)11-22-26-20(27)19-10-18(24-25-19)13-6-8-14(21)9-7-13/h2-11,23H,1H3,(H,24,25)(H,26,27)/b22-11+. The summed E-state index contributed by atoms with van der Waals surface area (Å²) in [6, 6.07) is 15.4. The number of nitrogens with one attached hydrogen (secondary N) is 3. The summed E-state index contributed by atoms with van der Waals surface area (Å²) in [5.41, 5.74) is 6.92. The number of carbonyl (C=O) groups excluding carboxylic acids is 1. The molecule has 0 radical (unpaired) electrons. The number of aromatic nitrogens is 3. The number of para-hydroxylation sites is 1. The molecule has 0 unspecified atom stereocenters. The van der Waals surface area contributed by atoms with E-state index in [-0.39, 0.29) is 11.5 Å². The first kappa shape index (κ1) is 16.7. The Morgan fingerprint density at radius 1 is 1.19 bits per heavy atom. The van der Waals surface area contributed by atoms with Gasteiger partial charge in [-0.2, -0.15) is 10.2 Å². The van der Waals surface area contributed by atoms with E-state index in [1.54, 1.807) is 24.4 Å². The molecule has 0 spiro atoms. The second-order valence-electron chi connectivity index (χ2n) is 6.08. The first-order valence-electron chi connectivity index (χ1n) is 8.34. The first-order chi connectivity index (χ1) is 13.1. The van der Waals surface area contributed by atoms with Gasteiger partial charge in [-0.25, -0.2) is 9.82 Å². The average molecular weight is 361 g/mol. The molecule has 0 saturated carbocycles. The summed E-state index contributed by atoms with van der Waals surface area (Å²) in [5, 5.41) is 11.8. The van der Waals surface area contributed by atoms with Crippen LogP contribution < -0.4 is 5.43 Å². The molecule has 2 heterocycles. The zero-order valence-corrected chi connectivity index (χ0v) is 14.5. The van der Waals surface area contributed by atoms with Gasteiger partial charge in [0.25, 0.3) is 5.91 Å². The maximum Gasteiger partial charge on any atom is 0.289 e. The lowest BCUT2D eigenvalue weighted by Gasteiger charge is -1.96. The summed E-state index contributed by atoms with van der Waals surface area (Å²) in [6.45, 7) is 1.95. The number of amides is 1. The van der Waals surface area contributed by atoms with E-state index < -0.39 is 5.91 Å². The third-order valence-corrected chi connectivity index (χ3v) is 4.27. The lowest BCUT2D eigenvalue weighted by molar-refractivity contribution is 0.0950. The van der Waals surface area contributed by atoms with Crippen LogP contribution in [0.1, 0.15) is 21.7 Å². The minimum Gasteiger partial charge on any atom is -0.358 e. The molecule has 0 saturated heterocycles. The normalized spacial score (nSPS) is 11.3. The van der Waals surface area contributed by atoms with Gasteiger partial charge < -0.3 is 4.98 Å². The quantitative estimate of drug-likeness (QED) is 0.382. The Morgan fingerprint density at radius 2 is 1.96 bits per heavy atom. The minimum absolute atomic E-state index is 0.266. The van der Waals surface area contributed by atoms with Gasteiger partial charge in [-0.05, 0) is 43.3 Å². The Kier molecular flexibility index (Phi) is 4.25. The van der Waals surface area contributed by atoms with Crippen molar-refractivity contribution in [3.05, 3.63) is 77.4 Å². The summed E-state index contributed by atoms with van der Waals surface area (Å²) < 4.78 is 13.0. The molecule has 0 aliphatic heterocycles. The Balaban J connectivity index is 1.49. The van der Waals surface area contributed by atoms with E-state index in [0.717, 1.165) is 22.2 Å². The smallest absolute Gasteiger partial charge is 0.289 e. The van der Waals surface area contributed by atoms with Crippen molar-refractivity contribution >= 4 is 23.0 Å². The maximum absolute atomic E-state index is 13.0. The zero-order chi connectivity index (χ0) is 18.8. The predicted molar refractivity (Wildman–Crippen MR) is 102 cm³/mol. The number of hydrazone groups is 1. The van der Waals surface area contributed by atoms with Gasteiger partial charge >= 0.3 is 0 Å². The number of carbonyl (C=O) groups is 1. The summed E-state index contributed by atoms with van der Waals surface area (Å²) in [7, 11) is 0. The molecule has 4 rings (SSSR count). The highest BCUT2D eigenvalue weighted by molar-refractivity contribution is 6.01. The van der Waals surface area contributed by atoms with Crippen LogP contribution in [0.15, 0.2) is 59.7 Å². The van der Waals surface area contributed by atoms with E-state index in [2.05, 4.69) is 25.7 Å². The molecule has 0 aliphatic carbocycles. The Hall–Kier alpha value is -3.74. The SMILES string of the molecule is Cc1[nH]c2ccccc2c1/C=N/NC(=O)c1cc(-c2ccc(F)cc2)n[nH]1. The fraction of sp³-hybridized carbons (Fsp3) is 0.0500. The van der Waals surface area contributed by atoms with E-state index in [1.165, 1.54) is 12.1 Å². The third-order valence-electron chi connectivity index (χ3n) is 4.27. The average Bonchev–Trinajstić information content (AvgIpc) is 3.27. The number of aromatic amines is 2. The van der Waals surface area contributed by atoms with Crippen molar-refractivity contribution in [3.63, 3.8) is 0 Å². The van der Waals surface area contributed by atoms with Crippen LogP contribution in [0, 0.1) is 12.7 Å². The molecule has 0 fully saturated rings. The summed E-state index contributed by atoms with van der Waals surface area (Å²) in [6.07, 6.45) is 1.61. The Morgan fingerprint density at radius 3 is 2.78 bits per heavy atom. The predicted octanol–water partition coefficient (Wildman–Crippen LogP) is 3.77. The minimum atomic E-state index is -0.412. The number of hydrogen-bond acceptors (Lipinski definition) is 3. The molecule has 0 aliphatic rings. The number of halogens is 1. The number of fused-ring (bicyclic) bond motifs is 1. The number of rotatable bonds is 4. The molecule has 4 aromatic rings. The van der Waals surface area contributed by atoms with Crippen LogP contribution in [0.4, 0.5) is 4.39 Å². The Labute approximate surface area is 154 Å². The van der Waals surface area contributed by atoms with Gasteiger partial charge in [0.05, 0.1) is 11.9 Å². The lowest BCUT2D eigenvalue weighted by Crippen LogP contribution is -2.18. The van der Waals surface area contributed by atoms with Crippen LogP contribution in [-0.4, -0.2) is 27.3 Å². The molecule has 7 heteroatoms. The van der Waals surface area contributed by atoms with Crippen LogP contribution in [0.2, 0.25) is 0 Å². The highest BCUT2D eigenvalue weighted by Gasteiger charge is 2.11. The molecular formula is C20H16FN5O. The third kappa shape index (κ3) is 3.35. The number of aryl methyl sites for hydroxylation is 1. The van der Waals surface area contributed by atoms with Crippen molar-refractivity contribution in [2.75, 3.05) is 0 Å². The van der Waals surface area contributed by atoms with Crippen LogP contribution >= 0.6 is 0 Å². The molecule has 27 heavy (non-hydrogen) atoms.